The molecular weight excluding hydrogens is 460 g/mol. The molecule has 2 aliphatic rings. The number of hydrogen-bond acceptors (Lipinski definition) is 5. The van der Waals surface area contributed by atoms with E-state index in [2.05, 4.69) is 0 Å². The summed E-state index contributed by atoms with van der Waals surface area (Å²) < 4.78 is 78.3. The summed E-state index contributed by atoms with van der Waals surface area (Å²) in [6.45, 7) is -0.566. The lowest BCUT2D eigenvalue weighted by atomic mass is 9.85. The topological polar surface area (TPSA) is 86.9 Å². The van der Waals surface area contributed by atoms with Gasteiger partial charge in [-0.25, -0.2) is 4.79 Å². The zero-order valence-corrected chi connectivity index (χ0v) is 17.6. The smallest absolute Gasteiger partial charge is 0.393 e. The number of benzene rings is 1. The molecule has 1 unspecified atom stereocenters. The number of carboxylic acids is 1. The van der Waals surface area contributed by atoms with Crippen molar-refractivity contribution in [3.8, 4) is 0 Å². The van der Waals surface area contributed by atoms with Gasteiger partial charge in [-0.15, -0.1) is 0 Å². The van der Waals surface area contributed by atoms with Crippen LogP contribution in [0.2, 0.25) is 0 Å². The average Bonchev–Trinajstić information content (AvgIpc) is 3.22. The SMILES string of the molecule is CN(c1cc(N2CCC(C(F)(F)F)C2)c(C(=O)O)cc1[N+](=O)[O-])C1CCC(C(F)(F)F)CC1. The fourth-order valence-electron chi connectivity index (χ4n) is 4.66. The van der Waals surface area contributed by atoms with E-state index in [0.717, 1.165) is 6.07 Å². The van der Waals surface area contributed by atoms with Crippen molar-refractivity contribution < 1.29 is 41.2 Å². The Kier molecular flexibility index (Phi) is 6.72. The van der Waals surface area contributed by atoms with E-state index in [0.29, 0.717) is 0 Å². The Balaban J connectivity index is 1.95. The molecule has 0 radical (unpaired) electrons. The van der Waals surface area contributed by atoms with Gasteiger partial charge in [0.05, 0.1) is 28.0 Å². The summed E-state index contributed by atoms with van der Waals surface area (Å²) in [6.07, 6.45) is -9.09. The number of nitro benzene ring substituents is 1. The quantitative estimate of drug-likeness (QED) is 0.350. The van der Waals surface area contributed by atoms with Crippen molar-refractivity contribution in [2.75, 3.05) is 29.9 Å². The predicted octanol–water partition coefficient (Wildman–Crippen LogP) is 5.24. The summed E-state index contributed by atoms with van der Waals surface area (Å²) in [5.74, 6) is -4.64. The second-order valence-electron chi connectivity index (χ2n) is 8.55. The summed E-state index contributed by atoms with van der Waals surface area (Å²) in [4.78, 5) is 25.3. The number of anilines is 2. The summed E-state index contributed by atoms with van der Waals surface area (Å²) in [7, 11) is 1.47. The number of hydrogen-bond donors (Lipinski definition) is 1. The maximum Gasteiger partial charge on any atom is 0.393 e. The molecule has 7 nitrogen and oxygen atoms in total. The average molecular weight is 483 g/mol. The van der Waals surface area contributed by atoms with Crippen LogP contribution >= 0.6 is 0 Å². The van der Waals surface area contributed by atoms with E-state index in [4.69, 9.17) is 0 Å². The van der Waals surface area contributed by atoms with Crippen molar-refractivity contribution in [2.24, 2.45) is 11.8 Å². The molecule has 0 aromatic heterocycles. The zero-order valence-electron chi connectivity index (χ0n) is 17.6. The van der Waals surface area contributed by atoms with Gasteiger partial charge in [0.2, 0.25) is 0 Å². The van der Waals surface area contributed by atoms with Crippen LogP contribution in [0.3, 0.4) is 0 Å². The Hall–Kier alpha value is -2.73. The minimum absolute atomic E-state index is 0.0362. The summed E-state index contributed by atoms with van der Waals surface area (Å²) >= 11 is 0. The van der Waals surface area contributed by atoms with Crippen molar-refractivity contribution >= 4 is 23.0 Å². The van der Waals surface area contributed by atoms with Gasteiger partial charge in [-0.2, -0.15) is 26.3 Å². The molecule has 1 N–H and O–H groups in total. The van der Waals surface area contributed by atoms with E-state index in [-0.39, 0.29) is 50.0 Å². The number of halogens is 6. The van der Waals surface area contributed by atoms with Crippen LogP contribution in [0, 0.1) is 22.0 Å². The Bertz CT molecular complexity index is 912. The van der Waals surface area contributed by atoms with Crippen molar-refractivity contribution in [1.82, 2.24) is 0 Å². The molecule has 1 atom stereocenters. The first kappa shape index (κ1) is 24.9. The minimum Gasteiger partial charge on any atom is -0.478 e. The van der Waals surface area contributed by atoms with E-state index in [9.17, 15) is 46.4 Å². The second kappa shape index (κ2) is 8.90. The van der Waals surface area contributed by atoms with Crippen molar-refractivity contribution in [2.45, 2.75) is 50.5 Å². The third kappa shape index (κ3) is 5.27. The Morgan fingerprint density at radius 3 is 2.09 bits per heavy atom. The third-order valence-electron chi connectivity index (χ3n) is 6.60. The van der Waals surface area contributed by atoms with Crippen molar-refractivity contribution in [3.63, 3.8) is 0 Å². The minimum atomic E-state index is -4.46. The Labute approximate surface area is 185 Å². The molecule has 1 aliphatic carbocycles. The lowest BCUT2D eigenvalue weighted by Crippen LogP contribution is -2.38. The van der Waals surface area contributed by atoms with Crippen LogP contribution in [0.5, 0.6) is 0 Å². The van der Waals surface area contributed by atoms with Gasteiger partial charge in [-0.1, -0.05) is 0 Å². The number of alkyl halides is 6. The molecule has 33 heavy (non-hydrogen) atoms. The highest BCUT2D eigenvalue weighted by Crippen LogP contribution is 2.43. The van der Waals surface area contributed by atoms with Crippen molar-refractivity contribution in [3.05, 3.63) is 27.8 Å². The van der Waals surface area contributed by atoms with E-state index in [1.807, 2.05) is 0 Å². The van der Waals surface area contributed by atoms with Gasteiger partial charge in [-0.05, 0) is 38.2 Å². The molecule has 1 saturated carbocycles. The van der Waals surface area contributed by atoms with E-state index in [1.165, 1.54) is 22.9 Å². The van der Waals surface area contributed by atoms with Gasteiger partial charge >= 0.3 is 18.3 Å². The van der Waals surface area contributed by atoms with E-state index < -0.39 is 58.9 Å². The van der Waals surface area contributed by atoms with E-state index in [1.54, 1.807) is 0 Å². The fourth-order valence-corrected chi connectivity index (χ4v) is 4.66. The van der Waals surface area contributed by atoms with Crippen LogP contribution in [0.25, 0.3) is 0 Å². The van der Waals surface area contributed by atoms with Gasteiger partial charge in [0.25, 0.3) is 5.69 Å². The maximum atomic E-state index is 13.1. The molecule has 0 amide bonds. The largest absolute Gasteiger partial charge is 0.478 e. The van der Waals surface area contributed by atoms with Gasteiger partial charge in [-0.3, -0.25) is 10.1 Å². The molecule has 1 aromatic carbocycles. The van der Waals surface area contributed by atoms with Crippen molar-refractivity contribution in [1.29, 1.82) is 0 Å². The Morgan fingerprint density at radius 2 is 1.64 bits per heavy atom. The Morgan fingerprint density at radius 1 is 1.06 bits per heavy atom. The van der Waals surface area contributed by atoms with Crippen LogP contribution in [-0.2, 0) is 0 Å². The maximum absolute atomic E-state index is 13.1. The zero-order chi connectivity index (χ0) is 24.7. The molecule has 0 spiro atoms. The number of aromatic carboxylic acids is 1. The molecule has 13 heteroatoms. The number of nitrogens with zero attached hydrogens (tertiary/aromatic N) is 3. The number of carboxylic acid groups (broad SMARTS) is 1. The van der Waals surface area contributed by atoms with Crippen LogP contribution in [0.1, 0.15) is 42.5 Å². The van der Waals surface area contributed by atoms with Crippen LogP contribution in [0.4, 0.5) is 43.4 Å². The monoisotopic (exact) mass is 483 g/mol. The number of nitro groups is 1. The van der Waals surface area contributed by atoms with Gasteiger partial charge in [0.1, 0.15) is 5.69 Å². The van der Waals surface area contributed by atoms with Crippen LogP contribution in [0.15, 0.2) is 12.1 Å². The first-order valence-electron chi connectivity index (χ1n) is 10.4. The first-order chi connectivity index (χ1) is 15.2. The van der Waals surface area contributed by atoms with Crippen LogP contribution < -0.4 is 9.80 Å². The second-order valence-corrected chi connectivity index (χ2v) is 8.55. The summed E-state index contributed by atoms with van der Waals surface area (Å²) in [5.41, 5.74) is -1.18. The summed E-state index contributed by atoms with van der Waals surface area (Å²) in [6, 6.07) is 1.52. The van der Waals surface area contributed by atoms with Gasteiger partial charge in [0.15, 0.2) is 0 Å². The number of carbonyl (C=O) groups is 1. The lowest BCUT2D eigenvalue weighted by Gasteiger charge is -2.36. The molecule has 1 aliphatic heterocycles. The molecule has 1 saturated heterocycles. The molecule has 184 valence electrons. The molecule has 2 fully saturated rings. The highest BCUT2D eigenvalue weighted by Gasteiger charge is 2.45. The molecule has 3 rings (SSSR count). The molecule has 1 aromatic rings. The normalized spacial score (nSPS) is 24.1. The standard InChI is InChI=1S/C20H23F6N3O4/c1-27(13-4-2-11(3-5-13)19(21,22)23)16-9-15(14(18(30)31)8-17(16)29(32)33)28-7-6-12(10-28)20(24,25)26/h8-9,11-13H,2-7,10H2,1H3,(H,30,31). The summed E-state index contributed by atoms with van der Waals surface area (Å²) in [5, 5.41) is 21.2. The highest BCUT2D eigenvalue weighted by atomic mass is 19.4. The fraction of sp³-hybridized carbons (Fsp3) is 0.650. The lowest BCUT2D eigenvalue weighted by molar-refractivity contribution is -0.384. The molecule has 0 bridgehead atoms. The molecular formula is C20H23F6N3O4. The van der Waals surface area contributed by atoms with Gasteiger partial charge < -0.3 is 14.9 Å². The highest BCUT2D eigenvalue weighted by molar-refractivity contribution is 5.97. The third-order valence-corrected chi connectivity index (χ3v) is 6.60. The molecule has 1 heterocycles. The predicted molar refractivity (Wildman–Crippen MR) is 107 cm³/mol. The van der Waals surface area contributed by atoms with Crippen LogP contribution in [-0.4, -0.2) is 54.5 Å². The number of rotatable bonds is 5. The first-order valence-corrected chi connectivity index (χ1v) is 10.4. The van der Waals surface area contributed by atoms with E-state index >= 15 is 0 Å². The van der Waals surface area contributed by atoms with Gasteiger partial charge in [0, 0.05) is 32.2 Å².